The minimum Gasteiger partial charge on any atom is -0.353 e. The molecule has 0 radical (unpaired) electrons. The molecule has 4 nitrogen and oxygen atoms in total. The molecule has 17 heavy (non-hydrogen) atoms. The van der Waals surface area contributed by atoms with E-state index < -0.39 is 0 Å². The van der Waals surface area contributed by atoms with E-state index in [-0.39, 0.29) is 23.8 Å². The summed E-state index contributed by atoms with van der Waals surface area (Å²) >= 11 is 0. The molecule has 1 saturated carbocycles. The Balaban J connectivity index is 1.86. The van der Waals surface area contributed by atoms with Gasteiger partial charge in [0, 0.05) is 25.0 Å². The van der Waals surface area contributed by atoms with E-state index in [4.69, 9.17) is 0 Å². The van der Waals surface area contributed by atoms with Gasteiger partial charge < -0.3 is 10.2 Å². The Morgan fingerprint density at radius 3 is 2.53 bits per heavy atom. The Hall–Kier alpha value is -1.06. The lowest BCUT2D eigenvalue weighted by atomic mass is 10.1. The van der Waals surface area contributed by atoms with Gasteiger partial charge in [0.05, 0.1) is 5.92 Å². The summed E-state index contributed by atoms with van der Waals surface area (Å²) < 4.78 is 0. The van der Waals surface area contributed by atoms with Gasteiger partial charge in [-0.05, 0) is 26.7 Å². The van der Waals surface area contributed by atoms with Gasteiger partial charge in [0.2, 0.25) is 11.8 Å². The first-order valence-electron chi connectivity index (χ1n) is 6.67. The molecule has 0 aromatic heterocycles. The smallest absolute Gasteiger partial charge is 0.225 e. The first kappa shape index (κ1) is 12.4. The Kier molecular flexibility index (Phi) is 3.69. The number of carbonyl (C=O) groups excluding carboxylic acids is 2. The molecule has 2 amide bonds. The van der Waals surface area contributed by atoms with Gasteiger partial charge in [0.15, 0.2) is 0 Å². The SMILES string of the molecule is CC(C)N1C[C@@H](C(=O)NC2CCCC2)CC1=O. The monoisotopic (exact) mass is 238 g/mol. The zero-order chi connectivity index (χ0) is 12.4. The van der Waals surface area contributed by atoms with Gasteiger partial charge in [0.1, 0.15) is 0 Å². The third-order valence-electron chi connectivity index (χ3n) is 3.85. The van der Waals surface area contributed by atoms with Crippen LogP contribution >= 0.6 is 0 Å². The fourth-order valence-corrected chi connectivity index (χ4v) is 2.80. The normalized spacial score (nSPS) is 25.9. The van der Waals surface area contributed by atoms with Gasteiger partial charge in [-0.3, -0.25) is 9.59 Å². The van der Waals surface area contributed by atoms with Gasteiger partial charge in [-0.1, -0.05) is 12.8 Å². The Morgan fingerprint density at radius 1 is 1.35 bits per heavy atom. The summed E-state index contributed by atoms with van der Waals surface area (Å²) in [5, 5.41) is 3.08. The van der Waals surface area contributed by atoms with Gasteiger partial charge in [-0.15, -0.1) is 0 Å². The molecule has 0 bridgehead atoms. The van der Waals surface area contributed by atoms with Crippen LogP contribution in [0.1, 0.15) is 46.0 Å². The highest BCUT2D eigenvalue weighted by Crippen LogP contribution is 2.22. The maximum Gasteiger partial charge on any atom is 0.225 e. The van der Waals surface area contributed by atoms with Crippen LogP contribution in [0, 0.1) is 5.92 Å². The first-order valence-corrected chi connectivity index (χ1v) is 6.67. The minimum absolute atomic E-state index is 0.0772. The molecule has 0 aromatic carbocycles. The molecule has 2 fully saturated rings. The molecular weight excluding hydrogens is 216 g/mol. The Morgan fingerprint density at radius 2 is 2.00 bits per heavy atom. The average Bonchev–Trinajstić information content (AvgIpc) is 2.86. The number of amides is 2. The van der Waals surface area contributed by atoms with Crippen LogP contribution in [0.15, 0.2) is 0 Å². The van der Waals surface area contributed by atoms with E-state index in [1.165, 1.54) is 12.8 Å². The summed E-state index contributed by atoms with van der Waals surface area (Å²) in [6, 6.07) is 0.553. The number of hydrogen-bond donors (Lipinski definition) is 1. The number of nitrogens with one attached hydrogen (secondary N) is 1. The molecule has 96 valence electrons. The van der Waals surface area contributed by atoms with Crippen molar-refractivity contribution in [3.05, 3.63) is 0 Å². The number of likely N-dealkylation sites (tertiary alicyclic amines) is 1. The number of nitrogens with zero attached hydrogens (tertiary/aromatic N) is 1. The molecule has 0 aromatic rings. The number of rotatable bonds is 3. The van der Waals surface area contributed by atoms with Crippen molar-refractivity contribution in [2.45, 2.75) is 58.0 Å². The Bertz CT molecular complexity index is 309. The third kappa shape index (κ3) is 2.79. The van der Waals surface area contributed by atoms with Crippen LogP contribution in [0.25, 0.3) is 0 Å². The summed E-state index contributed by atoms with van der Waals surface area (Å²) in [4.78, 5) is 25.5. The second kappa shape index (κ2) is 5.07. The van der Waals surface area contributed by atoms with E-state index in [2.05, 4.69) is 5.32 Å². The largest absolute Gasteiger partial charge is 0.353 e. The molecule has 2 aliphatic rings. The first-order chi connectivity index (χ1) is 8.08. The fourth-order valence-electron chi connectivity index (χ4n) is 2.80. The minimum atomic E-state index is -0.134. The highest BCUT2D eigenvalue weighted by Gasteiger charge is 2.36. The van der Waals surface area contributed by atoms with E-state index in [1.807, 2.05) is 13.8 Å². The molecular formula is C13H22N2O2. The maximum absolute atomic E-state index is 12.0. The molecule has 1 N–H and O–H groups in total. The van der Waals surface area contributed by atoms with Crippen molar-refractivity contribution in [1.29, 1.82) is 0 Å². The van der Waals surface area contributed by atoms with Crippen LogP contribution in [0.3, 0.4) is 0 Å². The highest BCUT2D eigenvalue weighted by atomic mass is 16.2. The number of hydrogen-bond acceptors (Lipinski definition) is 2. The summed E-state index contributed by atoms with van der Waals surface area (Å²) in [6.45, 7) is 4.58. The molecule has 0 unspecified atom stereocenters. The van der Waals surface area contributed by atoms with Crippen LogP contribution in [0.5, 0.6) is 0 Å². The van der Waals surface area contributed by atoms with E-state index in [0.717, 1.165) is 12.8 Å². The maximum atomic E-state index is 12.0. The zero-order valence-electron chi connectivity index (χ0n) is 10.7. The van der Waals surface area contributed by atoms with E-state index in [0.29, 0.717) is 19.0 Å². The van der Waals surface area contributed by atoms with Crippen LogP contribution in [-0.2, 0) is 9.59 Å². The average molecular weight is 238 g/mol. The van der Waals surface area contributed by atoms with E-state index in [1.54, 1.807) is 4.90 Å². The highest BCUT2D eigenvalue weighted by molar-refractivity contribution is 5.89. The summed E-state index contributed by atoms with van der Waals surface area (Å²) in [6.07, 6.45) is 5.01. The van der Waals surface area contributed by atoms with Crippen LogP contribution in [-0.4, -0.2) is 35.3 Å². The second-order valence-electron chi connectivity index (χ2n) is 5.53. The standard InChI is InChI=1S/C13H22N2O2/c1-9(2)15-8-10(7-12(15)16)13(17)14-11-5-3-4-6-11/h9-11H,3-8H2,1-2H3,(H,14,17)/t10-/m0/s1. The lowest BCUT2D eigenvalue weighted by Gasteiger charge is -2.21. The van der Waals surface area contributed by atoms with Crippen molar-refractivity contribution in [3.63, 3.8) is 0 Å². The third-order valence-corrected chi connectivity index (χ3v) is 3.85. The number of carbonyl (C=O) groups is 2. The van der Waals surface area contributed by atoms with Gasteiger partial charge >= 0.3 is 0 Å². The summed E-state index contributed by atoms with van der Waals surface area (Å²) in [5.74, 6) is 0.0606. The molecule has 1 atom stereocenters. The van der Waals surface area contributed by atoms with Crippen molar-refractivity contribution in [2.24, 2.45) is 5.92 Å². The molecule has 2 rings (SSSR count). The van der Waals surface area contributed by atoms with Crippen molar-refractivity contribution >= 4 is 11.8 Å². The van der Waals surface area contributed by atoms with Gasteiger partial charge in [0.25, 0.3) is 0 Å². The van der Waals surface area contributed by atoms with Crippen molar-refractivity contribution in [3.8, 4) is 0 Å². The van der Waals surface area contributed by atoms with Crippen molar-refractivity contribution in [1.82, 2.24) is 10.2 Å². The summed E-state index contributed by atoms with van der Waals surface area (Å²) in [5.41, 5.74) is 0. The molecule has 1 aliphatic carbocycles. The van der Waals surface area contributed by atoms with Gasteiger partial charge in [-0.25, -0.2) is 0 Å². The molecule has 0 spiro atoms. The lowest BCUT2D eigenvalue weighted by molar-refractivity contribution is -0.130. The van der Waals surface area contributed by atoms with E-state index >= 15 is 0 Å². The second-order valence-corrected chi connectivity index (χ2v) is 5.53. The predicted octanol–water partition coefficient (Wildman–Crippen LogP) is 1.30. The fraction of sp³-hybridized carbons (Fsp3) is 0.846. The lowest BCUT2D eigenvalue weighted by Crippen LogP contribution is -2.39. The van der Waals surface area contributed by atoms with Gasteiger partial charge in [-0.2, -0.15) is 0 Å². The molecule has 1 saturated heterocycles. The Labute approximate surface area is 103 Å². The summed E-state index contributed by atoms with van der Waals surface area (Å²) in [7, 11) is 0. The van der Waals surface area contributed by atoms with Crippen LogP contribution < -0.4 is 5.32 Å². The topological polar surface area (TPSA) is 49.4 Å². The predicted molar refractivity (Wildman–Crippen MR) is 65.4 cm³/mol. The molecule has 1 aliphatic heterocycles. The molecule has 1 heterocycles. The zero-order valence-corrected chi connectivity index (χ0v) is 10.7. The quantitative estimate of drug-likeness (QED) is 0.805. The molecule has 4 heteroatoms. The van der Waals surface area contributed by atoms with Crippen LogP contribution in [0.2, 0.25) is 0 Å². The van der Waals surface area contributed by atoms with Crippen molar-refractivity contribution < 1.29 is 9.59 Å². The van der Waals surface area contributed by atoms with Crippen molar-refractivity contribution in [2.75, 3.05) is 6.54 Å². The van der Waals surface area contributed by atoms with Crippen LogP contribution in [0.4, 0.5) is 0 Å². The van der Waals surface area contributed by atoms with E-state index in [9.17, 15) is 9.59 Å².